The fraction of sp³-hybridized carbons (Fsp3) is 0.667. The summed E-state index contributed by atoms with van der Waals surface area (Å²) in [4.78, 5) is 4.65. The molecule has 0 saturated carbocycles. The molecule has 1 aromatic rings. The summed E-state index contributed by atoms with van der Waals surface area (Å²) < 4.78 is 0. The maximum atomic E-state index is 10.4. The van der Waals surface area contributed by atoms with Crippen molar-refractivity contribution in [3.63, 3.8) is 0 Å². The van der Waals surface area contributed by atoms with Crippen molar-refractivity contribution in [1.82, 2.24) is 9.80 Å². The van der Waals surface area contributed by atoms with Crippen molar-refractivity contribution < 1.29 is 5.11 Å². The van der Waals surface area contributed by atoms with Gasteiger partial charge in [-0.15, -0.1) is 0 Å². The minimum atomic E-state index is -0.371. The van der Waals surface area contributed by atoms with Gasteiger partial charge in [0.05, 0.1) is 6.10 Å². The summed E-state index contributed by atoms with van der Waals surface area (Å²) in [6.07, 6.45) is 0.415. The number of aryl methyl sites for hydroxylation is 2. The van der Waals surface area contributed by atoms with E-state index in [1.807, 2.05) is 0 Å². The third-order valence-electron chi connectivity index (χ3n) is 3.98. The Labute approximate surface area is 130 Å². The highest BCUT2D eigenvalue weighted by Gasteiger charge is 2.15. The van der Waals surface area contributed by atoms with Crippen molar-refractivity contribution in [3.8, 4) is 0 Å². The average Bonchev–Trinajstić information content (AvgIpc) is 2.37. The van der Waals surface area contributed by atoms with E-state index < -0.39 is 0 Å². The predicted octanol–water partition coefficient (Wildman–Crippen LogP) is 3.00. The highest BCUT2D eigenvalue weighted by molar-refractivity contribution is 5.29. The molecule has 3 heteroatoms. The van der Waals surface area contributed by atoms with Gasteiger partial charge in [-0.25, -0.2) is 0 Å². The van der Waals surface area contributed by atoms with Gasteiger partial charge in [0.25, 0.3) is 0 Å². The zero-order valence-electron chi connectivity index (χ0n) is 14.6. The van der Waals surface area contributed by atoms with Crippen LogP contribution in [0.15, 0.2) is 18.2 Å². The van der Waals surface area contributed by atoms with Gasteiger partial charge in [-0.2, -0.15) is 0 Å². The van der Waals surface area contributed by atoms with Crippen molar-refractivity contribution >= 4 is 0 Å². The quantitative estimate of drug-likeness (QED) is 0.798. The fourth-order valence-corrected chi connectivity index (χ4v) is 2.99. The van der Waals surface area contributed by atoms with Crippen LogP contribution in [-0.2, 0) is 0 Å². The van der Waals surface area contributed by atoms with Gasteiger partial charge in [0, 0.05) is 19.1 Å². The van der Waals surface area contributed by atoms with Gasteiger partial charge in [0.1, 0.15) is 0 Å². The van der Waals surface area contributed by atoms with Gasteiger partial charge in [0.2, 0.25) is 0 Å². The van der Waals surface area contributed by atoms with Crippen LogP contribution in [0.3, 0.4) is 0 Å². The first-order chi connectivity index (χ1) is 9.83. The molecule has 0 heterocycles. The molecule has 0 saturated heterocycles. The van der Waals surface area contributed by atoms with Crippen LogP contribution in [0.1, 0.15) is 43.1 Å². The van der Waals surface area contributed by atoms with Crippen LogP contribution in [0.2, 0.25) is 0 Å². The van der Waals surface area contributed by atoms with Gasteiger partial charge in [-0.1, -0.05) is 36.2 Å². The van der Waals surface area contributed by atoms with Gasteiger partial charge in [-0.3, -0.25) is 4.90 Å². The first-order valence-electron chi connectivity index (χ1n) is 7.98. The minimum absolute atomic E-state index is 0.371. The number of nitrogens with zero attached hydrogens (tertiary/aromatic N) is 2. The molecule has 0 radical (unpaired) electrons. The lowest BCUT2D eigenvalue weighted by Gasteiger charge is -2.30. The molecule has 2 atom stereocenters. The second kappa shape index (κ2) is 8.52. The minimum Gasteiger partial charge on any atom is -0.388 e. The zero-order valence-corrected chi connectivity index (χ0v) is 14.6. The molecule has 0 amide bonds. The highest BCUT2D eigenvalue weighted by Crippen LogP contribution is 2.20. The number of aliphatic hydroxyl groups is 1. The average molecular weight is 292 g/mol. The lowest BCUT2D eigenvalue weighted by molar-refractivity contribution is 0.121. The van der Waals surface area contributed by atoms with E-state index >= 15 is 0 Å². The number of aliphatic hydroxyl groups excluding tert-OH is 1. The lowest BCUT2D eigenvalue weighted by atomic mass is 10.0. The van der Waals surface area contributed by atoms with E-state index in [0.29, 0.717) is 6.04 Å². The highest BCUT2D eigenvalue weighted by atomic mass is 16.3. The number of likely N-dealkylation sites (N-methyl/N-ethyl adjacent to an activating group) is 2. The summed E-state index contributed by atoms with van der Waals surface area (Å²) in [6.45, 7) is 11.6. The third-order valence-corrected chi connectivity index (χ3v) is 3.98. The molecule has 2 unspecified atom stereocenters. The molecular formula is C18H32N2O. The lowest BCUT2D eigenvalue weighted by Crippen LogP contribution is -2.40. The first-order valence-corrected chi connectivity index (χ1v) is 7.98. The van der Waals surface area contributed by atoms with Gasteiger partial charge in [-0.05, 0) is 53.4 Å². The van der Waals surface area contributed by atoms with Crippen LogP contribution in [0, 0.1) is 13.8 Å². The Hall–Kier alpha value is -0.900. The zero-order chi connectivity index (χ0) is 16.0. The predicted molar refractivity (Wildman–Crippen MR) is 90.8 cm³/mol. The van der Waals surface area contributed by atoms with Crippen molar-refractivity contribution in [2.75, 3.05) is 33.7 Å². The molecule has 0 aliphatic rings. The monoisotopic (exact) mass is 292 g/mol. The molecule has 21 heavy (non-hydrogen) atoms. The molecule has 1 N–H and O–H groups in total. The third kappa shape index (κ3) is 6.16. The molecule has 1 rings (SSSR count). The van der Waals surface area contributed by atoms with E-state index in [0.717, 1.165) is 31.6 Å². The van der Waals surface area contributed by atoms with Crippen molar-refractivity contribution in [1.29, 1.82) is 0 Å². The topological polar surface area (TPSA) is 26.7 Å². The molecule has 0 aromatic heterocycles. The summed E-state index contributed by atoms with van der Waals surface area (Å²) in [5.74, 6) is 0. The number of rotatable bonds is 8. The summed E-state index contributed by atoms with van der Waals surface area (Å²) >= 11 is 0. The molecule has 0 spiro atoms. The summed E-state index contributed by atoms with van der Waals surface area (Å²) in [5.41, 5.74) is 3.48. The number of hydrogen-bond acceptors (Lipinski definition) is 3. The van der Waals surface area contributed by atoms with Crippen molar-refractivity contribution in [3.05, 3.63) is 34.9 Å². The Balaban J connectivity index is 2.59. The Kier molecular flexibility index (Phi) is 7.36. The van der Waals surface area contributed by atoms with E-state index in [2.05, 4.69) is 69.8 Å². The molecule has 1 aromatic carbocycles. The fourth-order valence-electron chi connectivity index (χ4n) is 2.99. The molecule has 0 fully saturated rings. The summed E-state index contributed by atoms with van der Waals surface area (Å²) in [6, 6.07) is 6.85. The van der Waals surface area contributed by atoms with Gasteiger partial charge in [0.15, 0.2) is 0 Å². The smallest absolute Gasteiger partial charge is 0.0802 e. The molecule has 120 valence electrons. The van der Waals surface area contributed by atoms with E-state index in [-0.39, 0.29) is 6.10 Å². The van der Waals surface area contributed by atoms with E-state index in [4.69, 9.17) is 0 Å². The van der Waals surface area contributed by atoms with Crippen LogP contribution in [-0.4, -0.2) is 54.7 Å². The van der Waals surface area contributed by atoms with Gasteiger partial charge < -0.3 is 10.0 Å². The molecule has 0 bridgehead atoms. The standard InChI is InChI=1S/C18H32N2O/c1-7-20(16(4)13-19(5)6)9-8-18(21)17-11-14(2)10-15(3)12-17/h10-12,16,18,21H,7-9,13H2,1-6H3. The number of hydrogen-bond donors (Lipinski definition) is 1. The Bertz CT molecular complexity index is 411. The van der Waals surface area contributed by atoms with Crippen LogP contribution >= 0.6 is 0 Å². The van der Waals surface area contributed by atoms with Crippen LogP contribution in [0.25, 0.3) is 0 Å². The van der Waals surface area contributed by atoms with Gasteiger partial charge >= 0.3 is 0 Å². The van der Waals surface area contributed by atoms with E-state index in [1.54, 1.807) is 0 Å². The largest absolute Gasteiger partial charge is 0.388 e. The van der Waals surface area contributed by atoms with Crippen LogP contribution in [0.5, 0.6) is 0 Å². The molecular weight excluding hydrogens is 260 g/mol. The Morgan fingerprint density at radius 2 is 1.67 bits per heavy atom. The maximum Gasteiger partial charge on any atom is 0.0802 e. The van der Waals surface area contributed by atoms with Crippen LogP contribution < -0.4 is 0 Å². The summed E-state index contributed by atoms with van der Waals surface area (Å²) in [7, 11) is 4.21. The van der Waals surface area contributed by atoms with E-state index in [9.17, 15) is 5.11 Å². The SMILES string of the molecule is CCN(CCC(O)c1cc(C)cc(C)c1)C(C)CN(C)C. The second-order valence-electron chi connectivity index (χ2n) is 6.47. The molecule has 3 nitrogen and oxygen atoms in total. The first kappa shape index (κ1) is 18.1. The van der Waals surface area contributed by atoms with Crippen molar-refractivity contribution in [2.45, 2.75) is 46.3 Å². The van der Waals surface area contributed by atoms with Crippen molar-refractivity contribution in [2.24, 2.45) is 0 Å². The number of benzene rings is 1. The molecule has 0 aliphatic carbocycles. The van der Waals surface area contributed by atoms with E-state index in [1.165, 1.54) is 11.1 Å². The normalized spacial score (nSPS) is 14.7. The van der Waals surface area contributed by atoms with Crippen LogP contribution in [0.4, 0.5) is 0 Å². The maximum absolute atomic E-state index is 10.4. The molecule has 0 aliphatic heterocycles. The summed E-state index contributed by atoms with van der Waals surface area (Å²) in [5, 5.41) is 10.4. The Morgan fingerprint density at radius 1 is 1.10 bits per heavy atom. The second-order valence-corrected chi connectivity index (χ2v) is 6.47. The Morgan fingerprint density at radius 3 is 2.14 bits per heavy atom.